The molecule has 1 saturated heterocycles. The third-order valence-corrected chi connectivity index (χ3v) is 3.55. The number of carbonyl (C=O) groups excluding carboxylic acids is 1. The average Bonchev–Trinajstić information content (AvgIpc) is 3.10. The third kappa shape index (κ3) is 4.00. The number of hydrogen-bond donors (Lipinski definition) is 2. The number of carboxylic acids is 1. The van der Waals surface area contributed by atoms with Crippen LogP contribution in [0.4, 0.5) is 0 Å². The SMILES string of the molecule is O=C(O)CC1CCN(C(=O)CNC2CC2)CC1. The van der Waals surface area contributed by atoms with Gasteiger partial charge in [0.25, 0.3) is 0 Å². The fourth-order valence-corrected chi connectivity index (χ4v) is 2.26. The minimum atomic E-state index is -0.731. The summed E-state index contributed by atoms with van der Waals surface area (Å²) in [5, 5.41) is 11.9. The summed E-state index contributed by atoms with van der Waals surface area (Å²) in [4.78, 5) is 24.2. The molecule has 2 N–H and O–H groups in total. The summed E-state index contributed by atoms with van der Waals surface area (Å²) in [6.07, 6.45) is 4.26. The van der Waals surface area contributed by atoms with Gasteiger partial charge >= 0.3 is 5.97 Å². The number of rotatable bonds is 5. The summed E-state index contributed by atoms with van der Waals surface area (Å²) >= 11 is 0. The third-order valence-electron chi connectivity index (χ3n) is 3.55. The fraction of sp³-hybridized carbons (Fsp3) is 0.833. The Bertz CT molecular complexity index is 294. The van der Waals surface area contributed by atoms with E-state index in [0.717, 1.165) is 12.8 Å². The topological polar surface area (TPSA) is 69.6 Å². The van der Waals surface area contributed by atoms with Crippen LogP contribution in [0.3, 0.4) is 0 Å². The molecule has 0 aromatic heterocycles. The van der Waals surface area contributed by atoms with Crippen LogP contribution in [-0.4, -0.2) is 47.6 Å². The van der Waals surface area contributed by atoms with Crippen molar-refractivity contribution in [1.29, 1.82) is 0 Å². The highest BCUT2D eigenvalue weighted by atomic mass is 16.4. The number of amides is 1. The molecule has 0 unspecified atom stereocenters. The highest BCUT2D eigenvalue weighted by Crippen LogP contribution is 2.21. The molecule has 17 heavy (non-hydrogen) atoms. The first-order valence-corrected chi connectivity index (χ1v) is 6.38. The lowest BCUT2D eigenvalue weighted by atomic mass is 9.93. The Morgan fingerprint density at radius 3 is 2.35 bits per heavy atom. The highest BCUT2D eigenvalue weighted by Gasteiger charge is 2.26. The maximum Gasteiger partial charge on any atom is 0.303 e. The van der Waals surface area contributed by atoms with E-state index in [4.69, 9.17) is 5.11 Å². The van der Waals surface area contributed by atoms with Crippen molar-refractivity contribution in [3.63, 3.8) is 0 Å². The molecule has 2 rings (SSSR count). The van der Waals surface area contributed by atoms with Crippen molar-refractivity contribution in [3.05, 3.63) is 0 Å². The lowest BCUT2D eigenvalue weighted by molar-refractivity contribution is -0.138. The van der Waals surface area contributed by atoms with Gasteiger partial charge in [-0.15, -0.1) is 0 Å². The number of aliphatic carboxylic acids is 1. The smallest absolute Gasteiger partial charge is 0.303 e. The molecular weight excluding hydrogens is 220 g/mol. The van der Waals surface area contributed by atoms with Crippen molar-refractivity contribution in [3.8, 4) is 0 Å². The summed E-state index contributed by atoms with van der Waals surface area (Å²) in [7, 11) is 0. The van der Waals surface area contributed by atoms with Crippen molar-refractivity contribution < 1.29 is 14.7 Å². The molecule has 0 aromatic carbocycles. The second-order valence-electron chi connectivity index (χ2n) is 5.08. The van der Waals surface area contributed by atoms with Gasteiger partial charge in [0.15, 0.2) is 0 Å². The normalized spacial score (nSPS) is 21.5. The molecular formula is C12H20N2O3. The van der Waals surface area contributed by atoms with Crippen molar-refractivity contribution >= 4 is 11.9 Å². The van der Waals surface area contributed by atoms with Crippen LogP contribution >= 0.6 is 0 Å². The molecule has 1 aliphatic heterocycles. The summed E-state index contributed by atoms with van der Waals surface area (Å²) in [5.41, 5.74) is 0. The monoisotopic (exact) mass is 240 g/mol. The van der Waals surface area contributed by atoms with Crippen LogP contribution in [0.15, 0.2) is 0 Å². The number of nitrogens with one attached hydrogen (secondary N) is 1. The van der Waals surface area contributed by atoms with Crippen molar-refractivity contribution in [1.82, 2.24) is 10.2 Å². The number of hydrogen-bond acceptors (Lipinski definition) is 3. The quantitative estimate of drug-likeness (QED) is 0.732. The van der Waals surface area contributed by atoms with Crippen molar-refractivity contribution in [2.24, 2.45) is 5.92 Å². The largest absolute Gasteiger partial charge is 0.481 e. The van der Waals surface area contributed by atoms with Gasteiger partial charge in [0.1, 0.15) is 0 Å². The van der Waals surface area contributed by atoms with Gasteiger partial charge in [-0.2, -0.15) is 0 Å². The Hall–Kier alpha value is -1.10. The van der Waals surface area contributed by atoms with Gasteiger partial charge in [0.2, 0.25) is 5.91 Å². The molecule has 0 aromatic rings. The zero-order valence-corrected chi connectivity index (χ0v) is 10.0. The Kier molecular flexibility index (Phi) is 3.99. The van der Waals surface area contributed by atoms with Gasteiger partial charge in [-0.25, -0.2) is 0 Å². The molecule has 1 amide bonds. The van der Waals surface area contributed by atoms with Crippen LogP contribution in [0.1, 0.15) is 32.1 Å². The average molecular weight is 240 g/mol. The number of likely N-dealkylation sites (tertiary alicyclic amines) is 1. The molecule has 1 aliphatic carbocycles. The number of nitrogens with zero attached hydrogens (tertiary/aromatic N) is 1. The molecule has 96 valence electrons. The standard InChI is InChI=1S/C12H20N2O3/c15-11(8-13-10-1-2-10)14-5-3-9(4-6-14)7-12(16)17/h9-10,13H,1-8H2,(H,16,17). The van der Waals surface area contributed by atoms with E-state index in [9.17, 15) is 9.59 Å². The lowest BCUT2D eigenvalue weighted by Crippen LogP contribution is -2.43. The lowest BCUT2D eigenvalue weighted by Gasteiger charge is -2.31. The van der Waals surface area contributed by atoms with E-state index in [1.807, 2.05) is 4.90 Å². The predicted molar refractivity (Wildman–Crippen MR) is 62.6 cm³/mol. The van der Waals surface area contributed by atoms with E-state index in [2.05, 4.69) is 5.32 Å². The Morgan fingerprint density at radius 1 is 1.18 bits per heavy atom. The first-order chi connectivity index (χ1) is 8.15. The van der Waals surface area contributed by atoms with E-state index in [1.54, 1.807) is 0 Å². The van der Waals surface area contributed by atoms with Crippen LogP contribution in [-0.2, 0) is 9.59 Å². The van der Waals surface area contributed by atoms with Crippen molar-refractivity contribution in [2.45, 2.75) is 38.1 Å². The van der Waals surface area contributed by atoms with Crippen LogP contribution < -0.4 is 5.32 Å². The molecule has 2 fully saturated rings. The van der Waals surface area contributed by atoms with E-state index in [1.165, 1.54) is 12.8 Å². The molecule has 0 atom stereocenters. The highest BCUT2D eigenvalue weighted by molar-refractivity contribution is 5.78. The second-order valence-corrected chi connectivity index (χ2v) is 5.08. The molecule has 5 nitrogen and oxygen atoms in total. The van der Waals surface area contributed by atoms with E-state index >= 15 is 0 Å². The van der Waals surface area contributed by atoms with E-state index in [-0.39, 0.29) is 18.2 Å². The van der Waals surface area contributed by atoms with Crippen LogP contribution in [0.25, 0.3) is 0 Å². The molecule has 1 heterocycles. The number of piperidine rings is 1. The second kappa shape index (κ2) is 5.49. The first kappa shape index (κ1) is 12.4. The van der Waals surface area contributed by atoms with Gasteiger partial charge in [0, 0.05) is 25.6 Å². The minimum Gasteiger partial charge on any atom is -0.481 e. The maximum absolute atomic E-state index is 11.8. The van der Waals surface area contributed by atoms with Crippen LogP contribution in [0.2, 0.25) is 0 Å². The van der Waals surface area contributed by atoms with Gasteiger partial charge in [-0.1, -0.05) is 0 Å². The van der Waals surface area contributed by atoms with Gasteiger partial charge in [-0.05, 0) is 31.6 Å². The van der Waals surface area contributed by atoms with Gasteiger partial charge < -0.3 is 15.3 Å². The summed E-state index contributed by atoms with van der Waals surface area (Å²) in [6, 6.07) is 0.559. The summed E-state index contributed by atoms with van der Waals surface area (Å²) in [5.74, 6) is -0.330. The molecule has 5 heteroatoms. The number of carbonyl (C=O) groups is 2. The molecule has 1 saturated carbocycles. The Morgan fingerprint density at radius 2 is 1.82 bits per heavy atom. The van der Waals surface area contributed by atoms with Crippen molar-refractivity contribution in [2.75, 3.05) is 19.6 Å². The fourth-order valence-electron chi connectivity index (χ4n) is 2.26. The zero-order chi connectivity index (χ0) is 12.3. The molecule has 0 spiro atoms. The predicted octanol–water partition coefficient (Wildman–Crippen LogP) is 0.452. The van der Waals surface area contributed by atoms with Gasteiger partial charge in [-0.3, -0.25) is 9.59 Å². The molecule has 2 aliphatic rings. The zero-order valence-electron chi connectivity index (χ0n) is 10.0. The molecule has 0 radical (unpaired) electrons. The van der Waals surface area contributed by atoms with E-state index < -0.39 is 5.97 Å². The summed E-state index contributed by atoms with van der Waals surface area (Å²) in [6.45, 7) is 1.86. The Labute approximate surface area is 101 Å². The first-order valence-electron chi connectivity index (χ1n) is 6.38. The number of carboxylic acid groups (broad SMARTS) is 1. The Balaban J connectivity index is 1.66. The van der Waals surface area contributed by atoms with Crippen LogP contribution in [0, 0.1) is 5.92 Å². The van der Waals surface area contributed by atoms with Gasteiger partial charge in [0.05, 0.1) is 6.54 Å². The van der Waals surface area contributed by atoms with E-state index in [0.29, 0.717) is 25.7 Å². The minimum absolute atomic E-state index is 0.158. The maximum atomic E-state index is 11.8. The van der Waals surface area contributed by atoms with Crippen LogP contribution in [0.5, 0.6) is 0 Å². The summed E-state index contributed by atoms with van der Waals surface area (Å²) < 4.78 is 0. The molecule has 0 bridgehead atoms.